The van der Waals surface area contributed by atoms with E-state index < -0.39 is 0 Å². The fourth-order valence-electron chi connectivity index (χ4n) is 3.39. The monoisotopic (exact) mass is 317 g/mol. The molecule has 0 atom stereocenters. The van der Waals surface area contributed by atoms with E-state index in [1.807, 2.05) is 4.68 Å². The molecule has 3 rings (SSSR count). The molecule has 0 amide bonds. The molecule has 23 heavy (non-hydrogen) atoms. The van der Waals surface area contributed by atoms with Gasteiger partial charge in [0.05, 0.1) is 11.7 Å². The van der Waals surface area contributed by atoms with Gasteiger partial charge in [-0.2, -0.15) is 10.1 Å². The van der Waals surface area contributed by atoms with Crippen LogP contribution in [0.25, 0.3) is 11.0 Å². The summed E-state index contributed by atoms with van der Waals surface area (Å²) in [5.74, 6) is 1.42. The second-order valence-electron chi connectivity index (χ2n) is 7.65. The van der Waals surface area contributed by atoms with Crippen molar-refractivity contribution < 1.29 is 0 Å². The van der Waals surface area contributed by atoms with Crippen molar-refractivity contribution in [1.82, 2.24) is 19.7 Å². The number of nitrogens with zero attached hydrogens (tertiary/aromatic N) is 3. The number of hydrogen-bond acceptors (Lipinski definition) is 4. The highest BCUT2D eigenvalue weighted by atomic mass is 16.1. The van der Waals surface area contributed by atoms with Gasteiger partial charge in [0.25, 0.3) is 5.56 Å². The van der Waals surface area contributed by atoms with Crippen LogP contribution in [-0.4, -0.2) is 25.8 Å². The van der Waals surface area contributed by atoms with Crippen molar-refractivity contribution in [3.63, 3.8) is 0 Å². The summed E-state index contributed by atoms with van der Waals surface area (Å²) in [6.45, 7) is 8.43. The first-order chi connectivity index (χ1) is 10.9. The van der Waals surface area contributed by atoms with Crippen LogP contribution in [0.5, 0.6) is 0 Å². The van der Waals surface area contributed by atoms with Crippen molar-refractivity contribution in [2.75, 3.05) is 5.32 Å². The van der Waals surface area contributed by atoms with Crippen LogP contribution in [0, 0.1) is 5.92 Å². The molecule has 0 radical (unpaired) electrons. The summed E-state index contributed by atoms with van der Waals surface area (Å²) >= 11 is 0. The second kappa shape index (κ2) is 5.98. The molecule has 2 aromatic rings. The molecule has 2 aromatic heterocycles. The Balaban J connectivity index is 1.86. The van der Waals surface area contributed by atoms with Crippen LogP contribution >= 0.6 is 0 Å². The van der Waals surface area contributed by atoms with Crippen molar-refractivity contribution in [3.8, 4) is 0 Å². The lowest BCUT2D eigenvalue weighted by molar-refractivity contribution is 0.329. The normalized spacial score (nSPS) is 22.4. The fraction of sp³-hybridized carbons (Fsp3) is 0.706. The third kappa shape index (κ3) is 3.26. The number of H-pyrrole nitrogens is 1. The van der Waals surface area contributed by atoms with E-state index in [0.717, 1.165) is 18.8 Å². The van der Waals surface area contributed by atoms with Crippen LogP contribution in [0.4, 0.5) is 5.95 Å². The molecule has 6 heteroatoms. The maximum Gasteiger partial charge on any atom is 0.263 e. The van der Waals surface area contributed by atoms with Gasteiger partial charge in [-0.05, 0) is 52.4 Å². The number of nitrogens with one attached hydrogen (secondary N) is 2. The largest absolute Gasteiger partial charge is 0.353 e. The van der Waals surface area contributed by atoms with Crippen LogP contribution < -0.4 is 10.9 Å². The number of rotatable bonds is 3. The van der Waals surface area contributed by atoms with Gasteiger partial charge in [0.1, 0.15) is 5.39 Å². The minimum absolute atomic E-state index is 0.129. The van der Waals surface area contributed by atoms with Crippen LogP contribution in [-0.2, 0) is 5.54 Å². The molecule has 1 aliphatic carbocycles. The van der Waals surface area contributed by atoms with Gasteiger partial charge in [0, 0.05) is 6.04 Å². The van der Waals surface area contributed by atoms with E-state index in [-0.39, 0.29) is 11.1 Å². The summed E-state index contributed by atoms with van der Waals surface area (Å²) in [5, 5.41) is 8.30. The van der Waals surface area contributed by atoms with Crippen LogP contribution in [0.1, 0.15) is 59.8 Å². The van der Waals surface area contributed by atoms with Crippen molar-refractivity contribution in [2.24, 2.45) is 5.92 Å². The molecule has 126 valence electrons. The Labute approximate surface area is 136 Å². The lowest BCUT2D eigenvalue weighted by Gasteiger charge is -2.28. The smallest absolute Gasteiger partial charge is 0.263 e. The molecule has 0 bridgehead atoms. The van der Waals surface area contributed by atoms with Crippen LogP contribution in [0.3, 0.4) is 0 Å². The third-order valence-electron chi connectivity index (χ3n) is 4.84. The zero-order valence-electron chi connectivity index (χ0n) is 14.5. The second-order valence-corrected chi connectivity index (χ2v) is 7.65. The Morgan fingerprint density at radius 1 is 1.30 bits per heavy atom. The molecule has 2 N–H and O–H groups in total. The van der Waals surface area contributed by atoms with Crippen molar-refractivity contribution >= 4 is 17.0 Å². The van der Waals surface area contributed by atoms with Crippen LogP contribution in [0.2, 0.25) is 0 Å². The lowest BCUT2D eigenvalue weighted by Crippen LogP contribution is -2.28. The molecule has 6 nitrogen and oxygen atoms in total. The standard InChI is InChI=1S/C17H27N5O/c1-5-11-6-8-12(9-7-11)19-16-20-14-13(15(23)21-16)10-18-22(14)17(2,3)4/h10-12H,5-9H2,1-4H3,(H2,19,20,21,23). The van der Waals surface area contributed by atoms with Crippen molar-refractivity contribution in [2.45, 2.75) is 71.4 Å². The van der Waals surface area contributed by atoms with Crippen LogP contribution in [0.15, 0.2) is 11.0 Å². The fourth-order valence-corrected chi connectivity index (χ4v) is 3.39. The zero-order valence-corrected chi connectivity index (χ0v) is 14.5. The highest BCUT2D eigenvalue weighted by molar-refractivity contribution is 5.74. The summed E-state index contributed by atoms with van der Waals surface area (Å²) < 4.78 is 1.82. The lowest BCUT2D eigenvalue weighted by atomic mass is 9.85. The van der Waals surface area contributed by atoms with Gasteiger partial charge in [0.15, 0.2) is 5.65 Å². The zero-order chi connectivity index (χ0) is 16.6. The minimum Gasteiger partial charge on any atom is -0.353 e. The number of aromatic amines is 1. The van der Waals surface area contributed by atoms with E-state index in [2.05, 4.69) is 48.1 Å². The molecule has 0 aromatic carbocycles. The van der Waals surface area contributed by atoms with E-state index in [0.29, 0.717) is 23.0 Å². The first-order valence-electron chi connectivity index (χ1n) is 8.63. The van der Waals surface area contributed by atoms with E-state index in [9.17, 15) is 4.79 Å². The summed E-state index contributed by atoms with van der Waals surface area (Å²) in [7, 11) is 0. The molecule has 1 saturated carbocycles. The topological polar surface area (TPSA) is 75.6 Å². The number of aromatic nitrogens is 4. The quantitative estimate of drug-likeness (QED) is 0.911. The first-order valence-corrected chi connectivity index (χ1v) is 8.63. The van der Waals surface area contributed by atoms with Gasteiger partial charge in [-0.25, -0.2) is 4.68 Å². The number of hydrogen-bond donors (Lipinski definition) is 2. The van der Waals surface area contributed by atoms with E-state index in [1.165, 1.54) is 19.3 Å². The summed E-state index contributed by atoms with van der Waals surface area (Å²) in [5.41, 5.74) is 0.306. The molecule has 1 aliphatic rings. The predicted molar refractivity (Wildman–Crippen MR) is 92.8 cm³/mol. The molecular weight excluding hydrogens is 290 g/mol. The maximum absolute atomic E-state index is 12.3. The van der Waals surface area contributed by atoms with E-state index >= 15 is 0 Å². The average Bonchev–Trinajstić information content (AvgIpc) is 2.92. The van der Waals surface area contributed by atoms with Gasteiger partial charge < -0.3 is 5.32 Å². The highest BCUT2D eigenvalue weighted by Gasteiger charge is 2.22. The van der Waals surface area contributed by atoms with Crippen molar-refractivity contribution in [3.05, 3.63) is 16.6 Å². The Kier molecular flexibility index (Phi) is 4.17. The highest BCUT2D eigenvalue weighted by Crippen LogP contribution is 2.28. The molecule has 1 fully saturated rings. The van der Waals surface area contributed by atoms with Gasteiger partial charge in [0.2, 0.25) is 5.95 Å². The third-order valence-corrected chi connectivity index (χ3v) is 4.84. The van der Waals surface area contributed by atoms with Crippen molar-refractivity contribution in [1.29, 1.82) is 0 Å². The average molecular weight is 317 g/mol. The molecular formula is C17H27N5O. The summed E-state index contributed by atoms with van der Waals surface area (Å²) in [6.07, 6.45) is 7.64. The van der Waals surface area contributed by atoms with Gasteiger partial charge in [-0.15, -0.1) is 0 Å². The SMILES string of the molecule is CCC1CCC(Nc2nc3c(cnn3C(C)(C)C)c(=O)[nH]2)CC1. The van der Waals surface area contributed by atoms with E-state index in [4.69, 9.17) is 0 Å². The van der Waals surface area contributed by atoms with E-state index in [1.54, 1.807) is 6.20 Å². The Morgan fingerprint density at radius 3 is 2.61 bits per heavy atom. The van der Waals surface area contributed by atoms with Gasteiger partial charge in [-0.3, -0.25) is 9.78 Å². The molecule has 0 aliphatic heterocycles. The van der Waals surface area contributed by atoms with Gasteiger partial charge in [-0.1, -0.05) is 13.3 Å². The molecule has 2 heterocycles. The Bertz CT molecular complexity index is 732. The number of anilines is 1. The number of fused-ring (bicyclic) bond motifs is 1. The minimum atomic E-state index is -0.209. The summed E-state index contributed by atoms with van der Waals surface area (Å²) in [6, 6.07) is 0.393. The Morgan fingerprint density at radius 2 is 2.00 bits per heavy atom. The molecule has 0 spiro atoms. The Hall–Kier alpha value is -1.85. The predicted octanol–water partition coefficient (Wildman–Crippen LogP) is 3.26. The first kappa shape index (κ1) is 16.0. The molecule has 0 unspecified atom stereocenters. The van der Waals surface area contributed by atoms with Gasteiger partial charge >= 0.3 is 0 Å². The summed E-state index contributed by atoms with van der Waals surface area (Å²) in [4.78, 5) is 19.8. The molecule has 0 saturated heterocycles. The maximum atomic E-state index is 12.3.